The summed E-state index contributed by atoms with van der Waals surface area (Å²) in [5.74, 6) is 1.75. The molecule has 3 heteroatoms. The molecule has 1 atom stereocenters. The van der Waals surface area contributed by atoms with Gasteiger partial charge < -0.3 is 14.8 Å². The molecule has 0 bridgehead atoms. The van der Waals surface area contributed by atoms with Crippen LogP contribution in [-0.4, -0.2) is 26.4 Å². The van der Waals surface area contributed by atoms with Crippen molar-refractivity contribution in [2.24, 2.45) is 5.92 Å². The molecule has 3 nitrogen and oxygen atoms in total. The van der Waals surface area contributed by atoms with Crippen molar-refractivity contribution in [1.29, 1.82) is 0 Å². The van der Waals surface area contributed by atoms with Gasteiger partial charge in [-0.15, -0.1) is 0 Å². The number of benzene rings is 1. The third kappa shape index (κ3) is 3.93. The van der Waals surface area contributed by atoms with Gasteiger partial charge in [-0.25, -0.2) is 0 Å². The number of ether oxygens (including phenoxy) is 2. The highest BCUT2D eigenvalue weighted by Gasteiger charge is 2.27. The van der Waals surface area contributed by atoms with Gasteiger partial charge in [0.15, 0.2) is 0 Å². The van der Waals surface area contributed by atoms with Gasteiger partial charge in [-0.2, -0.15) is 0 Å². The number of hydrogen-bond donors (Lipinski definition) is 1. The Hall–Kier alpha value is -1.22. The zero-order valence-corrected chi connectivity index (χ0v) is 10.6. The van der Waals surface area contributed by atoms with Gasteiger partial charge in [0, 0.05) is 24.9 Å². The Morgan fingerprint density at radius 3 is 2.88 bits per heavy atom. The Morgan fingerprint density at radius 1 is 1.35 bits per heavy atom. The lowest BCUT2D eigenvalue weighted by Gasteiger charge is -2.15. The van der Waals surface area contributed by atoms with Crippen molar-refractivity contribution >= 4 is 5.69 Å². The van der Waals surface area contributed by atoms with Gasteiger partial charge in [-0.1, -0.05) is 6.07 Å². The summed E-state index contributed by atoms with van der Waals surface area (Å²) in [6.45, 7) is 3.46. The number of methoxy groups -OCH3 is 1. The first-order valence-electron chi connectivity index (χ1n) is 6.28. The summed E-state index contributed by atoms with van der Waals surface area (Å²) in [4.78, 5) is 0. The fourth-order valence-corrected chi connectivity index (χ4v) is 1.90. The molecular formula is C14H21NO2. The number of nitrogens with one attached hydrogen (secondary N) is 1. The largest absolute Gasteiger partial charge is 0.491 e. The Morgan fingerprint density at radius 2 is 2.18 bits per heavy atom. The highest BCUT2D eigenvalue weighted by Crippen LogP contribution is 2.34. The summed E-state index contributed by atoms with van der Waals surface area (Å²) < 4.78 is 10.5. The third-order valence-corrected chi connectivity index (χ3v) is 3.11. The highest BCUT2D eigenvalue weighted by atomic mass is 16.5. The molecule has 1 unspecified atom stereocenters. The van der Waals surface area contributed by atoms with E-state index in [1.54, 1.807) is 7.11 Å². The molecule has 0 amide bonds. The molecule has 0 aromatic heterocycles. The van der Waals surface area contributed by atoms with E-state index in [1.165, 1.54) is 12.8 Å². The molecule has 1 aromatic carbocycles. The zero-order valence-electron chi connectivity index (χ0n) is 10.6. The predicted molar refractivity (Wildman–Crippen MR) is 69.6 cm³/mol. The van der Waals surface area contributed by atoms with Gasteiger partial charge in [0.05, 0.1) is 6.61 Å². The van der Waals surface area contributed by atoms with Crippen LogP contribution >= 0.6 is 0 Å². The van der Waals surface area contributed by atoms with Crippen LogP contribution in [0.5, 0.6) is 5.75 Å². The van der Waals surface area contributed by atoms with Crippen molar-refractivity contribution in [3.05, 3.63) is 24.3 Å². The highest BCUT2D eigenvalue weighted by molar-refractivity contribution is 5.49. The molecule has 0 aliphatic heterocycles. The Balaban J connectivity index is 1.86. The summed E-state index contributed by atoms with van der Waals surface area (Å²) in [5, 5.41) is 3.52. The lowest BCUT2D eigenvalue weighted by Crippen LogP contribution is -2.17. The predicted octanol–water partition coefficient (Wildman–Crippen LogP) is 2.92. The first kappa shape index (κ1) is 12.2. The molecule has 1 aromatic rings. The van der Waals surface area contributed by atoms with E-state index in [4.69, 9.17) is 9.47 Å². The zero-order chi connectivity index (χ0) is 12.1. The van der Waals surface area contributed by atoms with E-state index in [-0.39, 0.29) is 0 Å². The minimum atomic E-state index is 0.559. The lowest BCUT2D eigenvalue weighted by atomic mass is 10.2. The van der Waals surface area contributed by atoms with E-state index in [9.17, 15) is 0 Å². The van der Waals surface area contributed by atoms with Crippen molar-refractivity contribution in [1.82, 2.24) is 0 Å². The lowest BCUT2D eigenvalue weighted by molar-refractivity contribution is 0.146. The maximum absolute atomic E-state index is 5.58. The van der Waals surface area contributed by atoms with Crippen molar-refractivity contribution in [3.63, 3.8) is 0 Å². The maximum atomic E-state index is 5.58. The van der Waals surface area contributed by atoms with Crippen LogP contribution in [-0.2, 0) is 4.74 Å². The Bertz CT molecular complexity index is 350. The van der Waals surface area contributed by atoms with Crippen LogP contribution in [0.15, 0.2) is 24.3 Å². The second kappa shape index (κ2) is 5.92. The minimum Gasteiger partial charge on any atom is -0.491 e. The van der Waals surface area contributed by atoms with Crippen LogP contribution in [0.25, 0.3) is 0 Å². The molecular weight excluding hydrogens is 214 g/mol. The molecule has 0 radical (unpaired) electrons. The van der Waals surface area contributed by atoms with Crippen molar-refractivity contribution in [2.75, 3.05) is 25.6 Å². The number of rotatable bonds is 7. The molecule has 0 saturated heterocycles. The molecule has 1 saturated carbocycles. The van der Waals surface area contributed by atoms with Crippen LogP contribution < -0.4 is 10.1 Å². The molecule has 2 rings (SSSR count). The standard InChI is InChI=1S/C14H21NO2/c1-11(12-6-7-12)15-13-4-3-5-14(10-13)17-9-8-16-2/h3-5,10-12,15H,6-9H2,1-2H3. The molecule has 0 spiro atoms. The number of hydrogen-bond acceptors (Lipinski definition) is 3. The van der Waals surface area contributed by atoms with Gasteiger partial charge >= 0.3 is 0 Å². The molecule has 1 aliphatic rings. The second-order valence-corrected chi connectivity index (χ2v) is 4.64. The topological polar surface area (TPSA) is 30.5 Å². The average molecular weight is 235 g/mol. The SMILES string of the molecule is COCCOc1cccc(NC(C)C2CC2)c1. The van der Waals surface area contributed by atoms with E-state index in [1.807, 2.05) is 12.1 Å². The fourth-order valence-electron chi connectivity index (χ4n) is 1.90. The molecule has 1 fully saturated rings. The van der Waals surface area contributed by atoms with E-state index < -0.39 is 0 Å². The van der Waals surface area contributed by atoms with Crippen molar-refractivity contribution < 1.29 is 9.47 Å². The fraction of sp³-hybridized carbons (Fsp3) is 0.571. The summed E-state index contributed by atoms with van der Waals surface area (Å²) in [6.07, 6.45) is 2.72. The minimum absolute atomic E-state index is 0.559. The summed E-state index contributed by atoms with van der Waals surface area (Å²) in [7, 11) is 1.68. The Labute approximate surface area is 103 Å². The smallest absolute Gasteiger partial charge is 0.121 e. The summed E-state index contributed by atoms with van der Waals surface area (Å²) in [5.41, 5.74) is 1.14. The van der Waals surface area contributed by atoms with Crippen LogP contribution in [0.2, 0.25) is 0 Å². The molecule has 1 N–H and O–H groups in total. The van der Waals surface area contributed by atoms with Crippen molar-refractivity contribution in [2.45, 2.75) is 25.8 Å². The van der Waals surface area contributed by atoms with E-state index >= 15 is 0 Å². The quantitative estimate of drug-likeness (QED) is 0.737. The summed E-state index contributed by atoms with van der Waals surface area (Å²) in [6, 6.07) is 8.69. The Kier molecular flexibility index (Phi) is 4.26. The van der Waals surface area contributed by atoms with Crippen LogP contribution in [0, 0.1) is 5.92 Å². The van der Waals surface area contributed by atoms with Gasteiger partial charge in [0.25, 0.3) is 0 Å². The van der Waals surface area contributed by atoms with Crippen LogP contribution in [0.4, 0.5) is 5.69 Å². The van der Waals surface area contributed by atoms with E-state index in [0.29, 0.717) is 19.3 Å². The van der Waals surface area contributed by atoms with Gasteiger partial charge in [-0.05, 0) is 37.8 Å². The maximum Gasteiger partial charge on any atom is 0.121 e. The number of anilines is 1. The van der Waals surface area contributed by atoms with E-state index in [2.05, 4.69) is 24.4 Å². The van der Waals surface area contributed by atoms with Crippen LogP contribution in [0.1, 0.15) is 19.8 Å². The summed E-state index contributed by atoms with van der Waals surface area (Å²) >= 11 is 0. The second-order valence-electron chi connectivity index (χ2n) is 4.64. The van der Waals surface area contributed by atoms with Gasteiger partial charge in [0.1, 0.15) is 12.4 Å². The monoisotopic (exact) mass is 235 g/mol. The normalized spacial score (nSPS) is 16.6. The van der Waals surface area contributed by atoms with Gasteiger partial charge in [0.2, 0.25) is 0 Å². The molecule has 0 heterocycles. The molecule has 1 aliphatic carbocycles. The van der Waals surface area contributed by atoms with Gasteiger partial charge in [-0.3, -0.25) is 0 Å². The average Bonchev–Trinajstić information content (AvgIpc) is 3.14. The van der Waals surface area contributed by atoms with Crippen LogP contribution in [0.3, 0.4) is 0 Å². The third-order valence-electron chi connectivity index (χ3n) is 3.11. The van der Waals surface area contributed by atoms with E-state index in [0.717, 1.165) is 17.4 Å². The van der Waals surface area contributed by atoms with Crippen molar-refractivity contribution in [3.8, 4) is 5.75 Å². The first-order valence-corrected chi connectivity index (χ1v) is 6.28. The molecule has 94 valence electrons. The first-order chi connectivity index (χ1) is 8.29. The molecule has 17 heavy (non-hydrogen) atoms.